The maximum atomic E-state index is 11.2. The molecule has 6 nitrogen and oxygen atoms in total. The second kappa shape index (κ2) is 5.12. The van der Waals surface area contributed by atoms with Crippen LogP contribution in [0.3, 0.4) is 0 Å². The molecule has 1 atom stereocenters. The van der Waals surface area contributed by atoms with Crippen LogP contribution in [0.1, 0.15) is 30.6 Å². The summed E-state index contributed by atoms with van der Waals surface area (Å²) in [5.74, 6) is 0.300. The van der Waals surface area contributed by atoms with Crippen molar-refractivity contribution < 1.29 is 14.3 Å². The fourth-order valence-electron chi connectivity index (χ4n) is 1.88. The molecule has 6 heteroatoms. The number of Topliss-reactive ketones (excluding diaryl/α,β-unsaturated/α-hetero) is 1. The van der Waals surface area contributed by atoms with E-state index in [1.54, 1.807) is 17.9 Å². The number of aromatic nitrogens is 2. The Morgan fingerprint density at radius 1 is 1.44 bits per heavy atom. The maximum Gasteiger partial charge on any atom is 0.234 e. The van der Waals surface area contributed by atoms with Crippen molar-refractivity contribution in [3.05, 3.63) is 17.8 Å². The van der Waals surface area contributed by atoms with Gasteiger partial charge in [0.2, 0.25) is 11.8 Å². The van der Waals surface area contributed by atoms with Crippen LogP contribution in [-0.2, 0) is 4.79 Å². The Kier molecular flexibility index (Phi) is 3.55. The molecule has 0 aliphatic carbocycles. The molecule has 0 aromatic carbocycles. The molecule has 0 bridgehead atoms. The van der Waals surface area contributed by atoms with E-state index < -0.39 is 0 Å². The summed E-state index contributed by atoms with van der Waals surface area (Å²) in [4.78, 5) is 24.1. The van der Waals surface area contributed by atoms with Gasteiger partial charge in [-0.15, -0.1) is 5.10 Å². The lowest BCUT2D eigenvalue weighted by Gasteiger charge is -2.14. The SMILES string of the molecule is CC(=O)c1cnnc(O[C@@H]2CCN(C(C)=O)C2)c1. The summed E-state index contributed by atoms with van der Waals surface area (Å²) >= 11 is 0. The molecule has 1 aliphatic heterocycles. The van der Waals surface area contributed by atoms with Crippen LogP contribution in [0.4, 0.5) is 0 Å². The number of hydrogen-bond acceptors (Lipinski definition) is 5. The molecule has 0 spiro atoms. The topological polar surface area (TPSA) is 72.4 Å². The van der Waals surface area contributed by atoms with Crippen molar-refractivity contribution in [1.82, 2.24) is 15.1 Å². The Morgan fingerprint density at radius 3 is 2.83 bits per heavy atom. The molecule has 18 heavy (non-hydrogen) atoms. The molecule has 96 valence electrons. The molecule has 1 aromatic heterocycles. The Morgan fingerprint density at radius 2 is 2.22 bits per heavy atom. The normalized spacial score (nSPS) is 18.8. The lowest BCUT2D eigenvalue weighted by atomic mass is 10.2. The Bertz CT molecular complexity index is 475. The predicted molar refractivity (Wildman–Crippen MR) is 63.3 cm³/mol. The van der Waals surface area contributed by atoms with E-state index >= 15 is 0 Å². The minimum absolute atomic E-state index is 0.0460. The molecule has 0 N–H and O–H groups in total. The summed E-state index contributed by atoms with van der Waals surface area (Å²) in [6, 6.07) is 1.58. The molecule has 2 heterocycles. The average Bonchev–Trinajstić information content (AvgIpc) is 2.78. The summed E-state index contributed by atoms with van der Waals surface area (Å²) in [7, 11) is 0. The second-order valence-corrected chi connectivity index (χ2v) is 4.33. The Labute approximate surface area is 105 Å². The van der Waals surface area contributed by atoms with Crippen LogP contribution in [0.25, 0.3) is 0 Å². The number of ether oxygens (including phenoxy) is 1. The van der Waals surface area contributed by atoms with Crippen molar-refractivity contribution in [2.24, 2.45) is 0 Å². The molecule has 1 aliphatic rings. The van der Waals surface area contributed by atoms with Crippen LogP contribution in [-0.4, -0.2) is 46.0 Å². The average molecular weight is 249 g/mol. The summed E-state index contributed by atoms with van der Waals surface area (Å²) in [5.41, 5.74) is 0.474. The van der Waals surface area contributed by atoms with Crippen molar-refractivity contribution in [3.8, 4) is 5.88 Å². The largest absolute Gasteiger partial charge is 0.471 e. The summed E-state index contributed by atoms with van der Waals surface area (Å²) in [6.07, 6.45) is 2.10. The lowest BCUT2D eigenvalue weighted by Crippen LogP contribution is -2.28. The lowest BCUT2D eigenvalue weighted by molar-refractivity contribution is -0.128. The van der Waals surface area contributed by atoms with Gasteiger partial charge in [0.25, 0.3) is 0 Å². The van der Waals surface area contributed by atoms with Crippen molar-refractivity contribution in [2.75, 3.05) is 13.1 Å². The number of rotatable bonds is 3. The first-order chi connectivity index (χ1) is 8.56. The van der Waals surface area contributed by atoms with E-state index in [2.05, 4.69) is 10.2 Å². The number of hydrogen-bond donors (Lipinski definition) is 0. The monoisotopic (exact) mass is 249 g/mol. The van der Waals surface area contributed by atoms with Gasteiger partial charge in [0.05, 0.1) is 12.7 Å². The van der Waals surface area contributed by atoms with Gasteiger partial charge >= 0.3 is 0 Å². The van der Waals surface area contributed by atoms with Gasteiger partial charge in [-0.25, -0.2) is 0 Å². The van der Waals surface area contributed by atoms with Gasteiger partial charge < -0.3 is 9.64 Å². The molecule has 0 unspecified atom stereocenters. The number of likely N-dealkylation sites (tertiary alicyclic amines) is 1. The van der Waals surface area contributed by atoms with Crippen LogP contribution < -0.4 is 4.74 Å². The van der Waals surface area contributed by atoms with Crippen LogP contribution in [0.5, 0.6) is 5.88 Å². The van der Waals surface area contributed by atoms with Gasteiger partial charge in [-0.05, 0) is 6.92 Å². The van der Waals surface area contributed by atoms with Crippen molar-refractivity contribution in [2.45, 2.75) is 26.4 Å². The third kappa shape index (κ3) is 2.82. The summed E-state index contributed by atoms with van der Waals surface area (Å²) in [5, 5.41) is 7.55. The van der Waals surface area contributed by atoms with Crippen LogP contribution in [0, 0.1) is 0 Å². The zero-order chi connectivity index (χ0) is 13.1. The van der Waals surface area contributed by atoms with Crippen molar-refractivity contribution in [3.63, 3.8) is 0 Å². The number of amides is 1. The summed E-state index contributed by atoms with van der Waals surface area (Å²) < 4.78 is 5.63. The molecule has 0 saturated carbocycles. The third-order valence-corrected chi connectivity index (χ3v) is 2.92. The summed E-state index contributed by atoms with van der Waals surface area (Å²) in [6.45, 7) is 4.26. The zero-order valence-corrected chi connectivity index (χ0v) is 10.4. The standard InChI is InChI=1S/C12H15N3O3/c1-8(16)10-5-12(14-13-6-10)18-11-3-4-15(7-11)9(2)17/h5-6,11H,3-4,7H2,1-2H3/t11-/m1/s1. The first-order valence-corrected chi connectivity index (χ1v) is 5.82. The smallest absolute Gasteiger partial charge is 0.234 e. The highest BCUT2D eigenvalue weighted by Crippen LogP contribution is 2.17. The Hall–Kier alpha value is -1.98. The highest BCUT2D eigenvalue weighted by molar-refractivity contribution is 5.93. The molecular formula is C12H15N3O3. The molecule has 0 radical (unpaired) electrons. The number of carbonyl (C=O) groups is 2. The third-order valence-electron chi connectivity index (χ3n) is 2.92. The molecular weight excluding hydrogens is 234 g/mol. The van der Waals surface area contributed by atoms with Crippen molar-refractivity contribution >= 4 is 11.7 Å². The number of carbonyl (C=O) groups excluding carboxylic acids is 2. The van der Waals surface area contributed by atoms with E-state index in [1.807, 2.05) is 0 Å². The molecule has 1 saturated heterocycles. The van der Waals surface area contributed by atoms with E-state index in [9.17, 15) is 9.59 Å². The minimum Gasteiger partial charge on any atom is -0.471 e. The van der Waals surface area contributed by atoms with Crippen molar-refractivity contribution in [1.29, 1.82) is 0 Å². The molecule has 2 rings (SSSR count). The molecule has 1 aromatic rings. The van der Waals surface area contributed by atoms with E-state index in [-0.39, 0.29) is 17.8 Å². The predicted octanol–water partition coefficient (Wildman–Crippen LogP) is 0.679. The van der Waals surface area contributed by atoms with Gasteiger partial charge in [0, 0.05) is 31.5 Å². The van der Waals surface area contributed by atoms with Gasteiger partial charge in [-0.2, -0.15) is 5.10 Å². The van der Waals surface area contributed by atoms with Gasteiger partial charge in [-0.1, -0.05) is 0 Å². The molecule has 1 amide bonds. The van der Waals surface area contributed by atoms with Gasteiger partial charge in [0.1, 0.15) is 6.10 Å². The highest BCUT2D eigenvalue weighted by Gasteiger charge is 2.26. The quantitative estimate of drug-likeness (QED) is 0.736. The van der Waals surface area contributed by atoms with Crippen LogP contribution in [0.2, 0.25) is 0 Å². The van der Waals surface area contributed by atoms with Gasteiger partial charge in [-0.3, -0.25) is 9.59 Å². The fraction of sp³-hybridized carbons (Fsp3) is 0.500. The highest BCUT2D eigenvalue weighted by atomic mass is 16.5. The van der Waals surface area contributed by atoms with Gasteiger partial charge in [0.15, 0.2) is 5.78 Å². The first-order valence-electron chi connectivity index (χ1n) is 5.82. The first kappa shape index (κ1) is 12.5. The van der Waals surface area contributed by atoms with E-state index in [1.165, 1.54) is 13.1 Å². The fourth-order valence-corrected chi connectivity index (χ4v) is 1.88. The van der Waals surface area contributed by atoms with E-state index in [0.29, 0.717) is 24.5 Å². The Balaban J connectivity index is 2.00. The second-order valence-electron chi connectivity index (χ2n) is 4.33. The molecule has 1 fully saturated rings. The minimum atomic E-state index is -0.0783. The van der Waals surface area contributed by atoms with E-state index in [4.69, 9.17) is 4.74 Å². The number of ketones is 1. The van der Waals surface area contributed by atoms with Crippen LogP contribution >= 0.6 is 0 Å². The maximum absolute atomic E-state index is 11.2. The number of nitrogens with zero attached hydrogens (tertiary/aromatic N) is 3. The van der Waals surface area contributed by atoms with E-state index in [0.717, 1.165) is 6.42 Å². The zero-order valence-electron chi connectivity index (χ0n) is 10.4. The van der Waals surface area contributed by atoms with Crippen LogP contribution in [0.15, 0.2) is 12.3 Å².